The van der Waals surface area contributed by atoms with E-state index in [2.05, 4.69) is 40.7 Å². The normalized spacial score (nSPS) is 13.1. The van der Waals surface area contributed by atoms with E-state index in [0.29, 0.717) is 16.0 Å². The molecule has 8 rings (SSSR count). The second kappa shape index (κ2) is 22.1. The Kier molecular flexibility index (Phi) is 16.3. The van der Waals surface area contributed by atoms with Crippen molar-refractivity contribution in [1.29, 1.82) is 5.26 Å². The van der Waals surface area contributed by atoms with Gasteiger partial charge in [-0.1, -0.05) is 29.0 Å². The summed E-state index contributed by atoms with van der Waals surface area (Å²) in [6.45, 7) is 4.32. The van der Waals surface area contributed by atoms with Crippen molar-refractivity contribution in [2.24, 2.45) is 30.7 Å². The monoisotopic (exact) mass is 1240 g/mol. The molecule has 3 aromatic heterocycles. The lowest BCUT2D eigenvalue weighted by molar-refractivity contribution is 0.317. The molecule has 6 N–H and O–H groups in total. The van der Waals surface area contributed by atoms with E-state index in [0.717, 1.165) is 57.8 Å². The topological polar surface area (TPSA) is 429 Å². The molecule has 0 saturated heterocycles. The number of aryl methyl sites for hydroxylation is 2. The van der Waals surface area contributed by atoms with Gasteiger partial charge in [0.05, 0.1) is 55.3 Å². The highest BCUT2D eigenvalue weighted by molar-refractivity contribution is 7.99. The number of imidazole rings is 1. The lowest BCUT2D eigenvalue weighted by atomic mass is 10.1. The molecule has 414 valence electrons. The number of rotatable bonds is 19. The Bertz CT molecular complexity index is 4620. The third kappa shape index (κ3) is 13.0. The zero-order valence-electron chi connectivity index (χ0n) is 40.4. The number of ether oxygens (including phenoxy) is 1. The van der Waals surface area contributed by atoms with Crippen LogP contribution in [0.2, 0.25) is 5.02 Å². The molecule has 0 spiro atoms. The number of thiazole rings is 1. The summed E-state index contributed by atoms with van der Waals surface area (Å²) in [4.78, 5) is 7.07. The molecule has 0 amide bonds. The first-order valence-electron chi connectivity index (χ1n) is 22.1. The van der Waals surface area contributed by atoms with Crippen LogP contribution in [-0.4, -0.2) is 108 Å². The van der Waals surface area contributed by atoms with Gasteiger partial charge in [-0.2, -0.15) is 52.5 Å². The van der Waals surface area contributed by atoms with Crippen molar-refractivity contribution in [3.63, 3.8) is 0 Å². The molecule has 79 heavy (non-hydrogen) atoms. The highest BCUT2D eigenvalue weighted by atomic mass is 35.5. The summed E-state index contributed by atoms with van der Waals surface area (Å²) >= 11 is 8.33. The van der Waals surface area contributed by atoms with Crippen molar-refractivity contribution >= 4 is 157 Å². The molecule has 0 radical (unpaired) electrons. The second-order valence-corrected chi connectivity index (χ2v) is 26.8. The largest absolute Gasteiger partial charge is 0.493 e. The number of pyridine rings is 1. The van der Waals surface area contributed by atoms with E-state index in [-0.39, 0.29) is 118 Å². The quantitative estimate of drug-likeness (QED) is 0.0190. The number of fused-ring (bicyclic) bond motifs is 6. The van der Waals surface area contributed by atoms with Crippen LogP contribution in [0.1, 0.15) is 35.1 Å². The average Bonchev–Trinajstić information content (AvgIpc) is 4.14. The molecule has 27 nitrogen and oxygen atoms in total. The van der Waals surface area contributed by atoms with Crippen molar-refractivity contribution in [2.45, 2.75) is 53.2 Å². The molecule has 0 fully saturated rings. The number of azo groups is 3. The van der Waals surface area contributed by atoms with Crippen molar-refractivity contribution in [1.82, 2.24) is 14.4 Å². The van der Waals surface area contributed by atoms with E-state index in [1.165, 1.54) is 31.2 Å². The molecular weight excluding hydrogens is 1200 g/mol. The minimum atomic E-state index is -4.89. The summed E-state index contributed by atoms with van der Waals surface area (Å²) < 4.78 is 175. The molecule has 0 aliphatic carbocycles. The zero-order chi connectivity index (χ0) is 57.7. The number of aromatic nitrogens is 3. The number of hydrogen-bond donors (Lipinski definition) is 6. The summed E-state index contributed by atoms with van der Waals surface area (Å²) in [6, 6.07) is 14.4. The SMILES string of the molecule is Cc1cc(N=Nc2cc(OCCCS(=O)(=O)O)c(N=Nc3c(C)c(C#N)c4nc5c(S(=O)(=O)O)ccc(Cl)c5n4c3O)cc2C)c(SCCCS(=O)(=O)O)cc1N=Nc1nc2c(S(=O)(=O)O)cc3ccc(S(=O)(=O)O)cc3c2s1. The first kappa shape index (κ1) is 58.4. The van der Waals surface area contributed by atoms with Crippen LogP contribution in [0.4, 0.5) is 33.6 Å². The van der Waals surface area contributed by atoms with Crippen LogP contribution in [-0.2, 0) is 50.6 Å². The van der Waals surface area contributed by atoms with Gasteiger partial charge in [0.25, 0.3) is 50.6 Å². The highest BCUT2D eigenvalue weighted by Gasteiger charge is 2.27. The van der Waals surface area contributed by atoms with Gasteiger partial charge >= 0.3 is 0 Å². The minimum absolute atomic E-state index is 0.0160. The van der Waals surface area contributed by atoms with Gasteiger partial charge in [-0.15, -0.1) is 37.3 Å². The summed E-state index contributed by atoms with van der Waals surface area (Å²) in [5, 5.41) is 47.9. The molecule has 0 aliphatic rings. The van der Waals surface area contributed by atoms with Crippen LogP contribution < -0.4 is 4.74 Å². The van der Waals surface area contributed by atoms with Crippen molar-refractivity contribution in [3.05, 3.63) is 87.9 Å². The Morgan fingerprint density at radius 1 is 0.696 bits per heavy atom. The maximum absolute atomic E-state index is 12.5. The van der Waals surface area contributed by atoms with Crippen molar-refractivity contribution in [3.8, 4) is 17.7 Å². The molecular formula is C44H37ClN10O17S7. The van der Waals surface area contributed by atoms with E-state index < -0.39 is 82.7 Å². The summed E-state index contributed by atoms with van der Waals surface area (Å²) in [5.41, 5.74) is -0.206. The Balaban J connectivity index is 1.19. The Morgan fingerprint density at radius 2 is 1.32 bits per heavy atom. The van der Waals surface area contributed by atoms with Crippen molar-refractivity contribution in [2.75, 3.05) is 23.9 Å². The fourth-order valence-corrected chi connectivity index (χ4v) is 12.9. The van der Waals surface area contributed by atoms with Crippen LogP contribution in [0.25, 0.3) is 37.7 Å². The van der Waals surface area contributed by atoms with Gasteiger partial charge in [-0.25, -0.2) is 9.97 Å². The molecule has 0 atom stereocenters. The average molecular weight is 1240 g/mol. The first-order chi connectivity index (χ1) is 36.8. The first-order valence-corrected chi connectivity index (χ1v) is 31.8. The predicted molar refractivity (Wildman–Crippen MR) is 289 cm³/mol. The molecule has 35 heteroatoms. The maximum Gasteiger partial charge on any atom is 0.296 e. The Morgan fingerprint density at radius 3 is 1.96 bits per heavy atom. The fourth-order valence-electron chi connectivity index (χ4n) is 7.72. The van der Waals surface area contributed by atoms with Gasteiger partial charge in [0.2, 0.25) is 11.0 Å². The molecule has 3 heterocycles. The van der Waals surface area contributed by atoms with Gasteiger partial charge in [0, 0.05) is 21.9 Å². The Hall–Kier alpha value is -6.72. The zero-order valence-corrected chi connectivity index (χ0v) is 46.9. The number of benzene rings is 5. The van der Waals surface area contributed by atoms with E-state index in [1.807, 2.05) is 6.07 Å². The third-order valence-electron chi connectivity index (χ3n) is 11.4. The third-order valence-corrected chi connectivity index (χ3v) is 18.0. The number of nitrogens with zero attached hydrogens (tertiary/aromatic N) is 10. The molecule has 8 aromatic rings. The predicted octanol–water partition coefficient (Wildman–Crippen LogP) is 10.4. The number of hydrogen-bond acceptors (Lipinski definition) is 23. The van der Waals surface area contributed by atoms with Gasteiger partial charge in [0.15, 0.2) is 11.3 Å². The molecule has 5 aromatic carbocycles. The number of thioether (sulfide) groups is 1. The van der Waals surface area contributed by atoms with Crippen molar-refractivity contribution < 1.29 is 74.7 Å². The van der Waals surface area contributed by atoms with Crippen LogP contribution in [0.15, 0.2) is 111 Å². The lowest BCUT2D eigenvalue weighted by Crippen LogP contribution is -2.08. The van der Waals surface area contributed by atoms with Crippen LogP contribution in [0.3, 0.4) is 0 Å². The standard InChI is InChI=1S/C44H37ClN10O17S7/c1-21-14-31(51-53-37-23(3)27(20-46)42-47-38-35(78(66,67)68)9-8-28(45)40(38)55(42)43(37)56)33(72-10-4-12-75(57,58)59)18-29(21)49-52-32-15-22(2)30(19-34(32)73-11-5-13-76(60,61)62)50-54-44-48-39-36(79(69,70)71)16-24-6-7-25(77(63,64)65)17-26(24)41(39)74-44/h6-9,14-19,56H,4-5,10-13H2,1-3H3,(H,57,58,59)(H,60,61,62)(H,63,64,65)(H,66,67,68)(H,69,70,71). The van der Waals surface area contributed by atoms with E-state index >= 15 is 0 Å². The maximum atomic E-state index is 12.5. The summed E-state index contributed by atoms with van der Waals surface area (Å²) in [6.07, 6.45) is -0.222. The summed E-state index contributed by atoms with van der Waals surface area (Å²) in [7, 11) is -23.2. The van der Waals surface area contributed by atoms with Gasteiger partial charge < -0.3 is 9.84 Å². The number of nitriles is 1. The molecule has 0 saturated carbocycles. The van der Waals surface area contributed by atoms with Gasteiger partial charge in [0.1, 0.15) is 43.9 Å². The molecule has 0 aliphatic heterocycles. The Labute approximate surface area is 461 Å². The second-order valence-electron chi connectivity index (χ2n) is 16.9. The summed E-state index contributed by atoms with van der Waals surface area (Å²) in [5.74, 6) is -1.92. The smallest absolute Gasteiger partial charge is 0.296 e. The van der Waals surface area contributed by atoms with Crippen LogP contribution >= 0.6 is 34.7 Å². The lowest BCUT2D eigenvalue weighted by Gasteiger charge is -2.12. The highest BCUT2D eigenvalue weighted by Crippen LogP contribution is 2.45. The molecule has 0 bridgehead atoms. The van der Waals surface area contributed by atoms with E-state index in [4.69, 9.17) is 16.3 Å². The van der Waals surface area contributed by atoms with Crippen LogP contribution in [0.5, 0.6) is 11.6 Å². The number of aromatic hydroxyl groups is 1. The fraction of sp³-hybridized carbons (Fsp3) is 0.205. The number of halogens is 1. The van der Waals surface area contributed by atoms with E-state index in [9.17, 15) is 75.2 Å². The van der Waals surface area contributed by atoms with Gasteiger partial charge in [-0.05, 0) is 104 Å². The molecule has 0 unspecified atom stereocenters. The van der Waals surface area contributed by atoms with E-state index in [1.54, 1.807) is 19.9 Å². The minimum Gasteiger partial charge on any atom is -0.493 e. The van der Waals surface area contributed by atoms with Gasteiger partial charge in [-0.3, -0.25) is 27.2 Å². The van der Waals surface area contributed by atoms with Crippen LogP contribution in [0, 0.1) is 32.1 Å².